The maximum absolute atomic E-state index is 12.5. The zero-order valence-corrected chi connectivity index (χ0v) is 34.2. The van der Waals surface area contributed by atoms with Crippen molar-refractivity contribution in [2.45, 2.75) is 36.0 Å². The molecule has 6 aromatic rings. The van der Waals surface area contributed by atoms with E-state index in [1.165, 1.54) is 24.3 Å². The van der Waals surface area contributed by atoms with Crippen molar-refractivity contribution in [2.75, 3.05) is 10.6 Å². The molecule has 1 atom stereocenters. The maximum atomic E-state index is 12.5. The van der Waals surface area contributed by atoms with E-state index in [0.717, 1.165) is 16.7 Å². The molecule has 16 heteroatoms. The van der Waals surface area contributed by atoms with Crippen LogP contribution in [0.2, 0.25) is 10.0 Å². The number of nitrogens with one attached hydrogen (secondary N) is 2. The number of carbonyl (C=O) groups is 2. The molecule has 6 aromatic carbocycles. The molecule has 0 fully saturated rings. The van der Waals surface area contributed by atoms with Gasteiger partial charge in [0.15, 0.2) is 0 Å². The molecule has 6 rings (SSSR count). The van der Waals surface area contributed by atoms with Crippen LogP contribution < -0.4 is 30.4 Å². The zero-order valence-electron chi connectivity index (χ0n) is 31.1. The highest BCUT2D eigenvalue weighted by molar-refractivity contribution is 7.89. The van der Waals surface area contributed by atoms with E-state index >= 15 is 0 Å². The molecular formula is C42H38Cl2N4O8S2. The third-order valence-electron chi connectivity index (χ3n) is 8.24. The standard InChI is InChI=1S/2C21H19ClN2O4S/c1-14-4-2-5-15(10-14)11-21(25)24-17-8-9-19(20(13-17)29(23,26)27)28-18-7-3-6-16(22)12-18;1-14(15-6-3-2-4-7-15)21(25)24-17-10-11-19(20(13-17)29(23,26)27)28-18-9-5-8-16(22)12-18/h2-10,12-13H,11H2,1H3,(H,24,25)(H2,23,26,27);2-14H,1H3,(H,24,25)(H2,23,26,27). The van der Waals surface area contributed by atoms with Crippen LogP contribution >= 0.6 is 23.2 Å². The number of carbonyl (C=O) groups excluding carboxylic acids is 2. The van der Waals surface area contributed by atoms with Gasteiger partial charge in [-0.1, -0.05) is 95.5 Å². The Morgan fingerprint density at radius 2 is 1.12 bits per heavy atom. The molecular weight excluding hydrogens is 824 g/mol. The average molecular weight is 862 g/mol. The number of nitrogens with two attached hydrogens (primary N) is 2. The highest BCUT2D eigenvalue weighted by Gasteiger charge is 2.21. The summed E-state index contributed by atoms with van der Waals surface area (Å²) < 4.78 is 59.5. The molecule has 300 valence electrons. The van der Waals surface area contributed by atoms with Crippen LogP contribution in [-0.2, 0) is 36.1 Å². The summed E-state index contributed by atoms with van der Waals surface area (Å²) in [5, 5.41) is 17.0. The van der Waals surface area contributed by atoms with E-state index in [4.69, 9.17) is 43.0 Å². The quantitative estimate of drug-likeness (QED) is 0.0936. The number of hydrogen-bond acceptors (Lipinski definition) is 8. The van der Waals surface area contributed by atoms with Crippen LogP contribution in [0.1, 0.15) is 29.5 Å². The van der Waals surface area contributed by atoms with E-state index in [2.05, 4.69) is 10.6 Å². The Morgan fingerprint density at radius 1 is 0.621 bits per heavy atom. The van der Waals surface area contributed by atoms with E-state index in [-0.39, 0.29) is 39.5 Å². The maximum Gasteiger partial charge on any atom is 0.241 e. The molecule has 0 saturated carbocycles. The van der Waals surface area contributed by atoms with E-state index in [9.17, 15) is 26.4 Å². The van der Waals surface area contributed by atoms with Gasteiger partial charge >= 0.3 is 0 Å². The van der Waals surface area contributed by atoms with Crippen LogP contribution in [0.5, 0.6) is 23.0 Å². The van der Waals surface area contributed by atoms with Gasteiger partial charge < -0.3 is 20.1 Å². The minimum absolute atomic E-state index is 0.0314. The molecule has 0 aliphatic carbocycles. The first-order chi connectivity index (χ1) is 27.4. The van der Waals surface area contributed by atoms with Crippen LogP contribution in [0.4, 0.5) is 11.4 Å². The highest BCUT2D eigenvalue weighted by atomic mass is 35.5. The summed E-state index contributed by atoms with van der Waals surface area (Å²) in [6.45, 7) is 3.71. The van der Waals surface area contributed by atoms with Crippen LogP contribution in [0.25, 0.3) is 0 Å². The zero-order chi connectivity index (χ0) is 42.0. The number of primary sulfonamides is 2. The number of aryl methyl sites for hydroxylation is 1. The lowest BCUT2D eigenvalue weighted by Crippen LogP contribution is -2.19. The van der Waals surface area contributed by atoms with Gasteiger partial charge in [0.2, 0.25) is 31.9 Å². The summed E-state index contributed by atoms with van der Waals surface area (Å²) in [6.07, 6.45) is 0.160. The largest absolute Gasteiger partial charge is 0.456 e. The lowest BCUT2D eigenvalue weighted by molar-refractivity contribution is -0.117. The predicted octanol–water partition coefficient (Wildman–Crippen LogP) is 8.79. The lowest BCUT2D eigenvalue weighted by atomic mass is 10.0. The average Bonchev–Trinajstić information content (AvgIpc) is 3.15. The van der Waals surface area contributed by atoms with Gasteiger partial charge in [0.1, 0.15) is 32.8 Å². The van der Waals surface area contributed by atoms with Gasteiger partial charge in [-0.15, -0.1) is 0 Å². The van der Waals surface area contributed by atoms with Crippen molar-refractivity contribution in [2.24, 2.45) is 10.3 Å². The molecule has 0 spiro atoms. The summed E-state index contributed by atoms with van der Waals surface area (Å²) in [7, 11) is -8.20. The van der Waals surface area contributed by atoms with Gasteiger partial charge in [-0.05, 0) is 97.8 Å². The summed E-state index contributed by atoms with van der Waals surface area (Å²) in [4.78, 5) is 24.4. The van der Waals surface area contributed by atoms with Gasteiger partial charge in [0, 0.05) is 21.4 Å². The third kappa shape index (κ3) is 12.6. The van der Waals surface area contributed by atoms with E-state index < -0.39 is 26.0 Å². The van der Waals surface area contributed by atoms with Crippen molar-refractivity contribution in [1.82, 2.24) is 0 Å². The smallest absolute Gasteiger partial charge is 0.241 e. The lowest BCUT2D eigenvalue weighted by Gasteiger charge is -2.15. The summed E-state index contributed by atoms with van der Waals surface area (Å²) >= 11 is 11.9. The number of anilines is 2. The first kappa shape index (κ1) is 43.4. The molecule has 0 bridgehead atoms. The Labute approximate surface area is 346 Å². The first-order valence-electron chi connectivity index (χ1n) is 17.4. The molecule has 58 heavy (non-hydrogen) atoms. The molecule has 0 aliphatic heterocycles. The molecule has 0 saturated heterocycles. The SMILES string of the molecule is CC(C(=O)Nc1ccc(Oc2cccc(Cl)c2)c(S(N)(=O)=O)c1)c1ccccc1.Cc1cccc(CC(=O)Nc2ccc(Oc3cccc(Cl)c3)c(S(N)(=O)=O)c2)c1. The second-order valence-corrected chi connectivity index (χ2v) is 16.8. The van der Waals surface area contributed by atoms with Crippen LogP contribution in [0.3, 0.4) is 0 Å². The van der Waals surface area contributed by atoms with Crippen molar-refractivity contribution in [3.63, 3.8) is 0 Å². The Balaban J connectivity index is 0.000000221. The monoisotopic (exact) mass is 860 g/mol. The second-order valence-electron chi connectivity index (χ2n) is 12.9. The molecule has 2 amide bonds. The normalized spacial score (nSPS) is 11.7. The number of hydrogen-bond donors (Lipinski definition) is 4. The summed E-state index contributed by atoms with van der Waals surface area (Å²) in [5.74, 6) is -0.193. The highest BCUT2D eigenvalue weighted by Crippen LogP contribution is 2.33. The van der Waals surface area contributed by atoms with Crippen LogP contribution in [0.15, 0.2) is 149 Å². The minimum Gasteiger partial charge on any atom is -0.456 e. The van der Waals surface area contributed by atoms with Crippen LogP contribution in [0, 0.1) is 6.92 Å². The molecule has 6 N–H and O–H groups in total. The molecule has 0 heterocycles. The van der Waals surface area contributed by atoms with E-state index in [1.807, 2.05) is 61.5 Å². The number of amides is 2. The Morgan fingerprint density at radius 3 is 1.60 bits per heavy atom. The molecule has 1 unspecified atom stereocenters. The number of halogens is 2. The fraction of sp³-hybridized carbons (Fsp3) is 0.0952. The van der Waals surface area contributed by atoms with Gasteiger partial charge in [0.05, 0.1) is 12.3 Å². The van der Waals surface area contributed by atoms with E-state index in [1.54, 1.807) is 67.6 Å². The van der Waals surface area contributed by atoms with Crippen LogP contribution in [-0.4, -0.2) is 28.6 Å². The second kappa shape index (κ2) is 19.1. The fourth-order valence-electron chi connectivity index (χ4n) is 5.46. The summed E-state index contributed by atoms with van der Waals surface area (Å²) in [6, 6.07) is 38.4. The molecule has 0 aromatic heterocycles. The first-order valence-corrected chi connectivity index (χ1v) is 21.2. The van der Waals surface area contributed by atoms with Crippen molar-refractivity contribution in [3.05, 3.63) is 166 Å². The summed E-state index contributed by atoms with van der Waals surface area (Å²) in [5.41, 5.74) is 3.34. The van der Waals surface area contributed by atoms with Crippen molar-refractivity contribution in [1.29, 1.82) is 0 Å². The van der Waals surface area contributed by atoms with Gasteiger partial charge in [-0.3, -0.25) is 9.59 Å². The Bertz CT molecular complexity index is 2660. The molecule has 0 aliphatic rings. The number of rotatable bonds is 12. The van der Waals surface area contributed by atoms with Crippen molar-refractivity contribution in [3.8, 4) is 23.0 Å². The van der Waals surface area contributed by atoms with Gasteiger partial charge in [-0.25, -0.2) is 27.1 Å². The predicted molar refractivity (Wildman–Crippen MR) is 226 cm³/mol. The number of benzene rings is 6. The third-order valence-corrected chi connectivity index (χ3v) is 10.6. The molecule has 12 nitrogen and oxygen atoms in total. The van der Waals surface area contributed by atoms with Crippen molar-refractivity contribution >= 4 is 66.4 Å². The number of sulfonamides is 2. The fourth-order valence-corrected chi connectivity index (χ4v) is 7.18. The Kier molecular flexibility index (Phi) is 14.3. The van der Waals surface area contributed by atoms with Gasteiger partial charge in [-0.2, -0.15) is 0 Å². The number of ether oxygens (including phenoxy) is 2. The topological polar surface area (TPSA) is 197 Å². The van der Waals surface area contributed by atoms with Crippen molar-refractivity contribution < 1.29 is 35.9 Å². The molecule has 0 radical (unpaired) electrons. The van der Waals surface area contributed by atoms with E-state index in [0.29, 0.717) is 32.9 Å². The Hall–Kier alpha value is -5.74. The van der Waals surface area contributed by atoms with Gasteiger partial charge in [0.25, 0.3) is 0 Å². The minimum atomic E-state index is -4.10.